The molecular formula is C69H49N3O. The molecule has 0 bridgehead atoms. The molecule has 0 spiro atoms. The summed E-state index contributed by atoms with van der Waals surface area (Å²) in [5.41, 5.74) is 24.4. The molecule has 0 amide bonds. The number of hydrogen-bond acceptors (Lipinski definition) is 4. The maximum atomic E-state index is 6.54. The normalized spacial score (nSPS) is 13.7. The maximum Gasteiger partial charge on any atom is 0.164 e. The summed E-state index contributed by atoms with van der Waals surface area (Å²) in [7, 11) is 0. The van der Waals surface area contributed by atoms with Gasteiger partial charge < -0.3 is 4.42 Å². The van der Waals surface area contributed by atoms with E-state index in [0.717, 1.165) is 55.3 Å². The number of rotatable bonds is 7. The van der Waals surface area contributed by atoms with Crippen molar-refractivity contribution in [2.75, 3.05) is 0 Å². The van der Waals surface area contributed by atoms with Crippen LogP contribution in [0.25, 0.3) is 123 Å². The molecule has 12 aromatic rings. The Kier molecular flexibility index (Phi) is 9.55. The summed E-state index contributed by atoms with van der Waals surface area (Å²) in [5.74, 6) is 1.84. The fraction of sp³-hybridized carbons (Fsp3) is 0.0870. The van der Waals surface area contributed by atoms with E-state index in [1.54, 1.807) is 0 Å². The van der Waals surface area contributed by atoms with Gasteiger partial charge in [-0.1, -0.05) is 204 Å². The summed E-state index contributed by atoms with van der Waals surface area (Å²) in [4.78, 5) is 15.2. The van der Waals surface area contributed by atoms with Gasteiger partial charge in [-0.3, -0.25) is 0 Å². The number of hydrogen-bond donors (Lipinski definition) is 0. The Balaban J connectivity index is 0.869. The fourth-order valence-corrected chi connectivity index (χ4v) is 11.9. The van der Waals surface area contributed by atoms with E-state index >= 15 is 0 Å². The summed E-state index contributed by atoms with van der Waals surface area (Å²) in [6, 6.07) is 81.0. The summed E-state index contributed by atoms with van der Waals surface area (Å²) >= 11 is 0. The highest BCUT2D eigenvalue weighted by Crippen LogP contribution is 2.52. The van der Waals surface area contributed by atoms with E-state index in [1.165, 1.54) is 72.3 Å². The van der Waals surface area contributed by atoms with Crippen LogP contribution < -0.4 is 0 Å². The van der Waals surface area contributed by atoms with Gasteiger partial charge in [0.2, 0.25) is 0 Å². The minimum absolute atomic E-state index is 0.100. The molecule has 0 N–H and O–H groups in total. The molecular weight excluding hydrogens is 887 g/mol. The predicted molar refractivity (Wildman–Crippen MR) is 300 cm³/mol. The Hall–Kier alpha value is -8.99. The smallest absolute Gasteiger partial charge is 0.164 e. The van der Waals surface area contributed by atoms with Crippen LogP contribution in [-0.2, 0) is 10.8 Å². The molecule has 4 nitrogen and oxygen atoms in total. The van der Waals surface area contributed by atoms with E-state index in [9.17, 15) is 0 Å². The van der Waals surface area contributed by atoms with Crippen molar-refractivity contribution >= 4 is 21.9 Å². The summed E-state index contributed by atoms with van der Waals surface area (Å²) < 4.78 is 6.54. The molecule has 4 heteroatoms. The quantitative estimate of drug-likeness (QED) is 0.160. The van der Waals surface area contributed by atoms with Crippen molar-refractivity contribution in [3.8, 4) is 101 Å². The zero-order valence-corrected chi connectivity index (χ0v) is 41.1. The number of aromatic nitrogens is 3. The molecule has 2 aliphatic rings. The van der Waals surface area contributed by atoms with Gasteiger partial charge in [-0.25, -0.2) is 15.0 Å². The minimum Gasteiger partial charge on any atom is -0.456 e. The lowest BCUT2D eigenvalue weighted by Crippen LogP contribution is -2.15. The molecule has 2 aliphatic carbocycles. The van der Waals surface area contributed by atoms with Crippen LogP contribution >= 0.6 is 0 Å². The van der Waals surface area contributed by atoms with E-state index in [1.807, 2.05) is 72.8 Å². The fourth-order valence-electron chi connectivity index (χ4n) is 11.9. The SMILES string of the molecule is CC1(C)c2ccccc2-c2ccc(-c3cc(-c4ccc(-c5ccc6oc7cccc(-c8nc(-c9ccccc9)nc(-c9ccccc9)n8)c7c6c5)cc4)cc(-c4ccc5c(c4)C(C)(C)c4ccccc4-5)c3)cc21. The molecule has 10 aromatic carbocycles. The van der Waals surface area contributed by atoms with Gasteiger partial charge in [0.15, 0.2) is 17.5 Å². The van der Waals surface area contributed by atoms with Crippen LogP contribution in [0, 0.1) is 0 Å². The second kappa shape index (κ2) is 16.3. The topological polar surface area (TPSA) is 51.8 Å². The molecule has 0 saturated heterocycles. The van der Waals surface area contributed by atoms with Gasteiger partial charge in [0.1, 0.15) is 11.2 Å². The Morgan fingerprint density at radius 1 is 0.274 bits per heavy atom. The zero-order chi connectivity index (χ0) is 49.0. The first kappa shape index (κ1) is 42.9. The van der Waals surface area contributed by atoms with Crippen LogP contribution in [0.2, 0.25) is 0 Å². The van der Waals surface area contributed by atoms with Crippen LogP contribution in [0.4, 0.5) is 0 Å². The van der Waals surface area contributed by atoms with E-state index in [4.69, 9.17) is 19.4 Å². The highest BCUT2D eigenvalue weighted by molar-refractivity contribution is 6.13. The van der Waals surface area contributed by atoms with Crippen LogP contribution in [0.1, 0.15) is 49.9 Å². The number of nitrogens with zero attached hydrogens (tertiary/aromatic N) is 3. The first-order valence-electron chi connectivity index (χ1n) is 25.2. The van der Waals surface area contributed by atoms with Crippen LogP contribution in [-0.4, -0.2) is 15.0 Å². The lowest BCUT2D eigenvalue weighted by Gasteiger charge is -2.22. The van der Waals surface area contributed by atoms with Crippen molar-refractivity contribution in [3.05, 3.63) is 247 Å². The molecule has 2 aromatic heterocycles. The van der Waals surface area contributed by atoms with E-state index in [2.05, 4.69) is 179 Å². The minimum atomic E-state index is -0.100. The van der Waals surface area contributed by atoms with Gasteiger partial charge >= 0.3 is 0 Å². The Labute approximate surface area is 425 Å². The van der Waals surface area contributed by atoms with Gasteiger partial charge in [-0.15, -0.1) is 0 Å². The molecule has 2 heterocycles. The third-order valence-corrected chi connectivity index (χ3v) is 15.8. The average Bonchev–Trinajstić information content (AvgIpc) is 4.02. The Morgan fingerprint density at radius 2 is 0.685 bits per heavy atom. The van der Waals surface area contributed by atoms with Crippen LogP contribution in [0.3, 0.4) is 0 Å². The second-order valence-electron chi connectivity index (χ2n) is 20.8. The predicted octanol–water partition coefficient (Wildman–Crippen LogP) is 18.1. The van der Waals surface area contributed by atoms with Gasteiger partial charge in [0, 0.05) is 38.3 Å². The van der Waals surface area contributed by atoms with Gasteiger partial charge in [-0.2, -0.15) is 0 Å². The van der Waals surface area contributed by atoms with Crippen molar-refractivity contribution in [1.29, 1.82) is 0 Å². The maximum absolute atomic E-state index is 6.54. The lowest BCUT2D eigenvalue weighted by atomic mass is 9.81. The summed E-state index contributed by atoms with van der Waals surface area (Å²) in [6.07, 6.45) is 0. The average molecular weight is 936 g/mol. The first-order chi connectivity index (χ1) is 35.7. The van der Waals surface area contributed by atoms with Crippen molar-refractivity contribution in [1.82, 2.24) is 15.0 Å². The van der Waals surface area contributed by atoms with Crippen molar-refractivity contribution < 1.29 is 4.42 Å². The molecule has 73 heavy (non-hydrogen) atoms. The van der Waals surface area contributed by atoms with Crippen molar-refractivity contribution in [2.24, 2.45) is 0 Å². The molecule has 0 atom stereocenters. The Morgan fingerprint density at radius 3 is 1.23 bits per heavy atom. The van der Waals surface area contributed by atoms with E-state index in [-0.39, 0.29) is 10.8 Å². The molecule has 14 rings (SSSR count). The highest BCUT2D eigenvalue weighted by atomic mass is 16.3. The largest absolute Gasteiger partial charge is 0.456 e. The lowest BCUT2D eigenvalue weighted by molar-refractivity contribution is 0.660. The van der Waals surface area contributed by atoms with Crippen molar-refractivity contribution in [3.63, 3.8) is 0 Å². The third-order valence-electron chi connectivity index (χ3n) is 15.8. The van der Waals surface area contributed by atoms with E-state index < -0.39 is 0 Å². The molecule has 0 radical (unpaired) electrons. The molecule has 0 fully saturated rings. The van der Waals surface area contributed by atoms with Gasteiger partial charge in [-0.05, 0) is 138 Å². The van der Waals surface area contributed by atoms with Gasteiger partial charge in [0.05, 0.1) is 0 Å². The van der Waals surface area contributed by atoms with Gasteiger partial charge in [0.25, 0.3) is 0 Å². The number of furan rings is 1. The Bertz CT molecular complexity index is 4000. The molecule has 0 aliphatic heterocycles. The second-order valence-corrected chi connectivity index (χ2v) is 20.8. The summed E-state index contributed by atoms with van der Waals surface area (Å²) in [6.45, 7) is 9.44. The number of benzene rings is 10. The first-order valence-corrected chi connectivity index (χ1v) is 25.2. The number of fused-ring (bicyclic) bond motifs is 9. The monoisotopic (exact) mass is 935 g/mol. The van der Waals surface area contributed by atoms with Crippen LogP contribution in [0.5, 0.6) is 0 Å². The van der Waals surface area contributed by atoms with Crippen molar-refractivity contribution in [2.45, 2.75) is 38.5 Å². The standard InChI is InChI=1S/C69H49N3O/c1-68(2)58-23-13-11-20-52(58)54-33-30-47(40-60(54)68)50-36-49(37-51(38-50)48-31-34-55-53-21-12-14-24-59(53)69(3,4)61(55)41-48)43-28-26-42(27-29-43)46-32-35-62-57(39-46)64-56(22-15-25-63(64)73-62)67-71-65(44-16-7-5-8-17-44)70-66(72-67)45-18-9-6-10-19-45/h5-41H,1-4H3. The highest BCUT2D eigenvalue weighted by Gasteiger charge is 2.37. The van der Waals surface area contributed by atoms with E-state index in [0.29, 0.717) is 17.5 Å². The zero-order valence-electron chi connectivity index (χ0n) is 41.1. The molecule has 0 unspecified atom stereocenters. The third kappa shape index (κ3) is 6.93. The summed E-state index contributed by atoms with van der Waals surface area (Å²) in [5, 5.41) is 1.98. The van der Waals surface area contributed by atoms with Crippen LogP contribution in [0.15, 0.2) is 229 Å². The molecule has 0 saturated carbocycles. The molecule has 346 valence electrons.